The lowest BCUT2D eigenvalue weighted by Gasteiger charge is -2.22. The number of hydrogen-bond donors (Lipinski definition) is 0. The van der Waals surface area contributed by atoms with E-state index in [0.717, 1.165) is 6.42 Å². The summed E-state index contributed by atoms with van der Waals surface area (Å²) in [5, 5.41) is 0. The van der Waals surface area contributed by atoms with Crippen molar-refractivity contribution in [1.82, 2.24) is 0 Å². The van der Waals surface area contributed by atoms with Crippen molar-refractivity contribution in [2.45, 2.75) is 79.1 Å². The summed E-state index contributed by atoms with van der Waals surface area (Å²) in [5.74, 6) is 0.162. The molecule has 0 bridgehead atoms. The first-order valence-electron chi connectivity index (χ1n) is 7.98. The molecule has 0 atom stereocenters. The van der Waals surface area contributed by atoms with Crippen LogP contribution in [0.4, 0.5) is 0 Å². The van der Waals surface area contributed by atoms with Crippen LogP contribution in [0.2, 0.25) is 0 Å². The second-order valence-electron chi connectivity index (χ2n) is 7.21. The third-order valence-corrected chi connectivity index (χ3v) is 4.70. The van der Waals surface area contributed by atoms with Crippen LogP contribution in [-0.4, -0.2) is 18.4 Å². The van der Waals surface area contributed by atoms with Crippen molar-refractivity contribution in [2.75, 3.05) is 6.61 Å². The number of ether oxygens (including phenoxy) is 1. The van der Waals surface area contributed by atoms with Crippen molar-refractivity contribution in [1.29, 1.82) is 0 Å². The van der Waals surface area contributed by atoms with E-state index in [0.29, 0.717) is 31.7 Å². The minimum atomic E-state index is -0.415. The normalized spacial score (nSPS) is 18.0. The van der Waals surface area contributed by atoms with Gasteiger partial charge in [0, 0.05) is 12.8 Å². The SMILES string of the molecule is CCC(C)(C)C(=O)OCCCC(=O)CC1(C)CCCC1. The van der Waals surface area contributed by atoms with Gasteiger partial charge in [0.05, 0.1) is 12.0 Å². The van der Waals surface area contributed by atoms with Gasteiger partial charge in [-0.1, -0.05) is 26.7 Å². The Morgan fingerprint density at radius 3 is 2.35 bits per heavy atom. The van der Waals surface area contributed by atoms with Crippen molar-refractivity contribution in [3.63, 3.8) is 0 Å². The Hall–Kier alpha value is -0.860. The topological polar surface area (TPSA) is 43.4 Å². The standard InChI is InChI=1S/C17H30O3/c1-5-16(2,3)15(19)20-12-8-9-14(18)13-17(4)10-6-7-11-17/h5-13H2,1-4H3. The van der Waals surface area contributed by atoms with Crippen LogP contribution >= 0.6 is 0 Å². The zero-order valence-corrected chi connectivity index (χ0v) is 13.6. The number of hydrogen-bond acceptors (Lipinski definition) is 3. The van der Waals surface area contributed by atoms with Gasteiger partial charge in [-0.15, -0.1) is 0 Å². The molecule has 1 aliphatic carbocycles. The molecule has 0 aromatic heterocycles. The number of carbonyl (C=O) groups is 2. The van der Waals surface area contributed by atoms with Gasteiger partial charge in [0.2, 0.25) is 0 Å². The lowest BCUT2D eigenvalue weighted by Crippen LogP contribution is -2.26. The summed E-state index contributed by atoms with van der Waals surface area (Å²) in [6.07, 6.45) is 7.53. The van der Waals surface area contributed by atoms with Crippen LogP contribution in [0.15, 0.2) is 0 Å². The Morgan fingerprint density at radius 1 is 1.20 bits per heavy atom. The quantitative estimate of drug-likeness (QED) is 0.493. The van der Waals surface area contributed by atoms with E-state index in [1.807, 2.05) is 20.8 Å². The van der Waals surface area contributed by atoms with E-state index < -0.39 is 5.41 Å². The monoisotopic (exact) mass is 282 g/mol. The van der Waals surface area contributed by atoms with E-state index in [9.17, 15) is 9.59 Å². The summed E-state index contributed by atoms with van der Waals surface area (Å²) in [6, 6.07) is 0. The molecule has 0 radical (unpaired) electrons. The van der Waals surface area contributed by atoms with Crippen LogP contribution in [0.25, 0.3) is 0 Å². The lowest BCUT2D eigenvalue weighted by atomic mass is 9.83. The van der Waals surface area contributed by atoms with Gasteiger partial charge in [-0.3, -0.25) is 9.59 Å². The fraction of sp³-hybridized carbons (Fsp3) is 0.882. The van der Waals surface area contributed by atoms with Crippen molar-refractivity contribution in [2.24, 2.45) is 10.8 Å². The zero-order chi connectivity index (χ0) is 15.2. The molecule has 3 heteroatoms. The number of carbonyl (C=O) groups excluding carboxylic acids is 2. The molecule has 3 nitrogen and oxygen atoms in total. The number of Topliss-reactive ketones (excluding diaryl/α,β-unsaturated/α-hetero) is 1. The molecule has 1 fully saturated rings. The summed E-state index contributed by atoms with van der Waals surface area (Å²) in [5.41, 5.74) is -0.181. The maximum atomic E-state index is 12.0. The summed E-state index contributed by atoms with van der Waals surface area (Å²) in [6.45, 7) is 8.35. The lowest BCUT2D eigenvalue weighted by molar-refractivity contribution is -0.154. The molecule has 0 N–H and O–H groups in total. The summed E-state index contributed by atoms with van der Waals surface area (Å²) in [7, 11) is 0. The molecule has 1 saturated carbocycles. The molecule has 0 aliphatic heterocycles. The first kappa shape index (κ1) is 17.2. The van der Waals surface area contributed by atoms with Crippen LogP contribution in [0.3, 0.4) is 0 Å². The van der Waals surface area contributed by atoms with E-state index in [4.69, 9.17) is 4.74 Å². The predicted molar refractivity (Wildman–Crippen MR) is 80.5 cm³/mol. The van der Waals surface area contributed by atoms with E-state index in [2.05, 4.69) is 6.92 Å². The van der Waals surface area contributed by atoms with Crippen LogP contribution in [0.1, 0.15) is 79.1 Å². The Morgan fingerprint density at radius 2 is 1.80 bits per heavy atom. The maximum Gasteiger partial charge on any atom is 0.311 e. The summed E-state index contributed by atoms with van der Waals surface area (Å²) < 4.78 is 5.25. The molecule has 116 valence electrons. The fourth-order valence-electron chi connectivity index (χ4n) is 2.74. The van der Waals surface area contributed by atoms with Gasteiger partial charge in [-0.05, 0) is 44.9 Å². The Balaban J connectivity index is 2.18. The van der Waals surface area contributed by atoms with E-state index in [1.54, 1.807) is 0 Å². The Kier molecular flexibility index (Phi) is 6.22. The minimum Gasteiger partial charge on any atom is -0.465 e. The molecule has 0 aromatic rings. The zero-order valence-electron chi connectivity index (χ0n) is 13.6. The predicted octanol–water partition coefficient (Wildman–Crippen LogP) is 4.29. The highest BCUT2D eigenvalue weighted by atomic mass is 16.5. The second kappa shape index (κ2) is 7.24. The Labute approximate surface area is 123 Å². The van der Waals surface area contributed by atoms with Gasteiger partial charge >= 0.3 is 5.97 Å². The first-order chi connectivity index (χ1) is 9.29. The van der Waals surface area contributed by atoms with Crippen LogP contribution in [0.5, 0.6) is 0 Å². The van der Waals surface area contributed by atoms with E-state index in [1.165, 1.54) is 25.7 Å². The highest BCUT2D eigenvalue weighted by Crippen LogP contribution is 2.40. The molecular weight excluding hydrogens is 252 g/mol. The third-order valence-electron chi connectivity index (χ3n) is 4.70. The molecule has 0 amide bonds. The Bertz CT molecular complexity index is 338. The first-order valence-corrected chi connectivity index (χ1v) is 7.98. The van der Waals surface area contributed by atoms with E-state index >= 15 is 0 Å². The van der Waals surface area contributed by atoms with Crippen molar-refractivity contribution >= 4 is 11.8 Å². The highest BCUT2D eigenvalue weighted by molar-refractivity contribution is 5.79. The van der Waals surface area contributed by atoms with Crippen LogP contribution < -0.4 is 0 Å². The molecule has 0 unspecified atom stereocenters. The second-order valence-corrected chi connectivity index (χ2v) is 7.21. The van der Waals surface area contributed by atoms with Crippen molar-refractivity contribution < 1.29 is 14.3 Å². The molecule has 0 spiro atoms. The van der Waals surface area contributed by atoms with Crippen molar-refractivity contribution in [3.8, 4) is 0 Å². The molecule has 0 aromatic carbocycles. The minimum absolute atomic E-state index is 0.157. The van der Waals surface area contributed by atoms with Gasteiger partial charge in [0.15, 0.2) is 0 Å². The molecule has 0 heterocycles. The van der Waals surface area contributed by atoms with Crippen molar-refractivity contribution in [3.05, 3.63) is 0 Å². The maximum absolute atomic E-state index is 12.0. The average Bonchev–Trinajstić information content (AvgIpc) is 2.80. The van der Waals surface area contributed by atoms with Gasteiger partial charge in [0.1, 0.15) is 5.78 Å². The smallest absolute Gasteiger partial charge is 0.311 e. The summed E-state index contributed by atoms with van der Waals surface area (Å²) >= 11 is 0. The fourth-order valence-corrected chi connectivity index (χ4v) is 2.74. The summed E-state index contributed by atoms with van der Waals surface area (Å²) in [4.78, 5) is 23.7. The van der Waals surface area contributed by atoms with E-state index in [-0.39, 0.29) is 11.4 Å². The molecule has 0 saturated heterocycles. The van der Waals surface area contributed by atoms with Gasteiger partial charge in [-0.25, -0.2) is 0 Å². The number of rotatable bonds is 8. The average molecular weight is 282 g/mol. The van der Waals surface area contributed by atoms with Crippen LogP contribution in [-0.2, 0) is 14.3 Å². The highest BCUT2D eigenvalue weighted by Gasteiger charge is 2.30. The third kappa shape index (κ3) is 5.26. The molecular formula is C17H30O3. The van der Waals surface area contributed by atoms with Gasteiger partial charge < -0.3 is 4.74 Å². The number of ketones is 1. The van der Waals surface area contributed by atoms with Gasteiger partial charge in [-0.2, -0.15) is 0 Å². The largest absolute Gasteiger partial charge is 0.465 e. The molecule has 20 heavy (non-hydrogen) atoms. The van der Waals surface area contributed by atoms with Crippen LogP contribution in [0, 0.1) is 10.8 Å². The molecule has 1 aliphatic rings. The number of esters is 1. The molecule has 1 rings (SSSR count). The van der Waals surface area contributed by atoms with Gasteiger partial charge in [0.25, 0.3) is 0 Å².